The second-order valence-electron chi connectivity index (χ2n) is 8.41. The summed E-state index contributed by atoms with van der Waals surface area (Å²) in [7, 11) is 0. The van der Waals surface area contributed by atoms with Gasteiger partial charge in [-0.2, -0.15) is 0 Å². The summed E-state index contributed by atoms with van der Waals surface area (Å²) in [6.07, 6.45) is 2.20. The molecule has 0 aromatic heterocycles. The van der Waals surface area contributed by atoms with E-state index in [4.69, 9.17) is 0 Å². The molecule has 3 aromatic rings. The van der Waals surface area contributed by atoms with E-state index in [0.29, 0.717) is 0 Å². The average Bonchev–Trinajstić information content (AvgIpc) is 2.86. The maximum absolute atomic E-state index is 2.45. The van der Waals surface area contributed by atoms with Gasteiger partial charge in [0, 0.05) is 5.41 Å². The number of aryl methyl sites for hydroxylation is 4. The molecule has 0 unspecified atom stereocenters. The Balaban J connectivity index is 1.62. The first-order valence-corrected chi connectivity index (χ1v) is 9.68. The van der Waals surface area contributed by atoms with Crippen LogP contribution in [-0.2, 0) is 18.3 Å². The molecule has 1 aliphatic rings. The van der Waals surface area contributed by atoms with E-state index in [-0.39, 0.29) is 5.41 Å². The predicted molar refractivity (Wildman–Crippen MR) is 112 cm³/mol. The third-order valence-electron chi connectivity index (χ3n) is 6.34. The fraction of sp³-hybridized carbons (Fsp3) is 0.308. The first-order chi connectivity index (χ1) is 12.4. The molecule has 0 amide bonds. The van der Waals surface area contributed by atoms with Crippen molar-refractivity contribution in [1.82, 2.24) is 0 Å². The van der Waals surface area contributed by atoms with E-state index in [1.54, 1.807) is 0 Å². The Labute approximate surface area is 157 Å². The molecule has 0 N–H and O–H groups in total. The molecule has 0 saturated heterocycles. The molecule has 26 heavy (non-hydrogen) atoms. The lowest BCUT2D eigenvalue weighted by Gasteiger charge is -2.22. The second kappa shape index (κ2) is 6.13. The molecule has 0 heteroatoms. The molecule has 0 heterocycles. The maximum Gasteiger partial charge on any atom is 0.0158 e. The van der Waals surface area contributed by atoms with Crippen LogP contribution >= 0.6 is 0 Å². The van der Waals surface area contributed by atoms with Crippen LogP contribution in [0, 0.1) is 20.8 Å². The fourth-order valence-electron chi connectivity index (χ4n) is 4.47. The minimum Gasteiger partial charge on any atom is -0.0619 e. The molecule has 0 aliphatic heterocycles. The summed E-state index contributed by atoms with van der Waals surface area (Å²) in [6, 6.07) is 20.7. The van der Waals surface area contributed by atoms with Gasteiger partial charge in [-0.15, -0.1) is 0 Å². The standard InChI is InChI=1S/C26H28/c1-17-14-21(15-18(2)19(17)3)11-10-20-12-13-23-22-8-6-7-9-24(22)26(4,5)25(23)16-20/h6-9,12-16H,10-11H2,1-5H3. The predicted octanol–water partition coefficient (Wildman–Crippen LogP) is 6.70. The van der Waals surface area contributed by atoms with Gasteiger partial charge in [0.05, 0.1) is 0 Å². The highest BCUT2D eigenvalue weighted by Gasteiger charge is 2.34. The smallest absolute Gasteiger partial charge is 0.0158 e. The molecular weight excluding hydrogens is 312 g/mol. The summed E-state index contributed by atoms with van der Waals surface area (Å²) in [5.41, 5.74) is 13.0. The molecule has 3 aromatic carbocycles. The van der Waals surface area contributed by atoms with E-state index in [0.717, 1.165) is 12.8 Å². The zero-order valence-corrected chi connectivity index (χ0v) is 16.6. The summed E-state index contributed by atoms with van der Waals surface area (Å²) >= 11 is 0. The van der Waals surface area contributed by atoms with E-state index in [1.165, 1.54) is 50.1 Å². The van der Waals surface area contributed by atoms with Crippen molar-refractivity contribution >= 4 is 0 Å². The Morgan fingerprint density at radius 2 is 1.27 bits per heavy atom. The van der Waals surface area contributed by atoms with E-state index in [9.17, 15) is 0 Å². The van der Waals surface area contributed by atoms with E-state index < -0.39 is 0 Å². The van der Waals surface area contributed by atoms with Gasteiger partial charge in [-0.25, -0.2) is 0 Å². The van der Waals surface area contributed by atoms with Crippen LogP contribution < -0.4 is 0 Å². The van der Waals surface area contributed by atoms with Gasteiger partial charge in [-0.3, -0.25) is 0 Å². The van der Waals surface area contributed by atoms with Gasteiger partial charge in [0.2, 0.25) is 0 Å². The molecule has 1 aliphatic carbocycles. The van der Waals surface area contributed by atoms with Gasteiger partial charge in [0.15, 0.2) is 0 Å². The van der Waals surface area contributed by atoms with Crippen LogP contribution in [0.25, 0.3) is 11.1 Å². The van der Waals surface area contributed by atoms with Crippen molar-refractivity contribution in [1.29, 1.82) is 0 Å². The first-order valence-electron chi connectivity index (χ1n) is 9.68. The molecule has 0 radical (unpaired) electrons. The van der Waals surface area contributed by atoms with Gasteiger partial charge in [0.1, 0.15) is 0 Å². The largest absolute Gasteiger partial charge is 0.0619 e. The van der Waals surface area contributed by atoms with Crippen LogP contribution in [0.2, 0.25) is 0 Å². The maximum atomic E-state index is 2.45. The molecule has 0 saturated carbocycles. The summed E-state index contributed by atoms with van der Waals surface area (Å²) in [5, 5.41) is 0. The van der Waals surface area contributed by atoms with Crippen molar-refractivity contribution in [3.63, 3.8) is 0 Å². The minimum atomic E-state index is 0.0962. The summed E-state index contributed by atoms with van der Waals surface area (Å²) in [6.45, 7) is 11.4. The van der Waals surface area contributed by atoms with Crippen LogP contribution in [0.5, 0.6) is 0 Å². The van der Waals surface area contributed by atoms with Gasteiger partial charge in [-0.1, -0.05) is 68.4 Å². The normalized spacial score (nSPS) is 14.2. The SMILES string of the molecule is Cc1cc(CCc2ccc3c(c2)C(C)(C)c2ccccc2-3)cc(C)c1C. The third kappa shape index (κ3) is 2.69. The van der Waals surface area contributed by atoms with Gasteiger partial charge in [-0.05, 0) is 83.7 Å². The Hall–Kier alpha value is -2.34. The summed E-state index contributed by atoms with van der Waals surface area (Å²) in [5.74, 6) is 0. The van der Waals surface area contributed by atoms with Crippen LogP contribution in [0.1, 0.15) is 52.8 Å². The average molecular weight is 341 g/mol. The first kappa shape index (κ1) is 17.1. The number of hydrogen-bond donors (Lipinski definition) is 0. The van der Waals surface area contributed by atoms with Crippen molar-refractivity contribution in [2.24, 2.45) is 0 Å². The number of benzene rings is 3. The van der Waals surface area contributed by atoms with Crippen molar-refractivity contribution in [2.45, 2.75) is 52.9 Å². The van der Waals surface area contributed by atoms with Gasteiger partial charge in [0.25, 0.3) is 0 Å². The second-order valence-corrected chi connectivity index (χ2v) is 8.41. The minimum absolute atomic E-state index is 0.0962. The van der Waals surface area contributed by atoms with Crippen molar-refractivity contribution in [3.8, 4) is 11.1 Å². The highest BCUT2D eigenvalue weighted by atomic mass is 14.4. The highest BCUT2D eigenvalue weighted by molar-refractivity contribution is 5.80. The number of fused-ring (bicyclic) bond motifs is 3. The monoisotopic (exact) mass is 340 g/mol. The van der Waals surface area contributed by atoms with Gasteiger partial charge >= 0.3 is 0 Å². The van der Waals surface area contributed by atoms with Crippen molar-refractivity contribution in [3.05, 3.63) is 93.5 Å². The summed E-state index contributed by atoms with van der Waals surface area (Å²) in [4.78, 5) is 0. The molecule has 0 fully saturated rings. The Bertz CT molecular complexity index is 966. The zero-order chi connectivity index (χ0) is 18.5. The lowest BCUT2D eigenvalue weighted by atomic mass is 9.81. The zero-order valence-electron chi connectivity index (χ0n) is 16.6. The number of rotatable bonds is 3. The van der Waals surface area contributed by atoms with Crippen LogP contribution in [0.3, 0.4) is 0 Å². The quantitative estimate of drug-likeness (QED) is 0.497. The van der Waals surface area contributed by atoms with Crippen LogP contribution in [-0.4, -0.2) is 0 Å². The van der Waals surface area contributed by atoms with Crippen molar-refractivity contribution in [2.75, 3.05) is 0 Å². The number of hydrogen-bond acceptors (Lipinski definition) is 0. The molecule has 0 spiro atoms. The van der Waals surface area contributed by atoms with Crippen LogP contribution in [0.4, 0.5) is 0 Å². The van der Waals surface area contributed by atoms with E-state index in [1.807, 2.05) is 0 Å². The molecular formula is C26H28. The van der Waals surface area contributed by atoms with E-state index in [2.05, 4.69) is 89.2 Å². The highest BCUT2D eigenvalue weighted by Crippen LogP contribution is 2.48. The molecule has 0 atom stereocenters. The third-order valence-corrected chi connectivity index (χ3v) is 6.34. The lowest BCUT2D eigenvalue weighted by Crippen LogP contribution is -2.15. The fourth-order valence-corrected chi connectivity index (χ4v) is 4.47. The van der Waals surface area contributed by atoms with Crippen LogP contribution in [0.15, 0.2) is 54.6 Å². The molecule has 0 bridgehead atoms. The topological polar surface area (TPSA) is 0 Å². The summed E-state index contributed by atoms with van der Waals surface area (Å²) < 4.78 is 0. The Morgan fingerprint density at radius 1 is 0.654 bits per heavy atom. The van der Waals surface area contributed by atoms with Crippen molar-refractivity contribution < 1.29 is 0 Å². The molecule has 132 valence electrons. The lowest BCUT2D eigenvalue weighted by molar-refractivity contribution is 0.659. The van der Waals surface area contributed by atoms with Gasteiger partial charge < -0.3 is 0 Å². The Kier molecular flexibility index (Phi) is 4.03. The molecule has 0 nitrogen and oxygen atoms in total. The van der Waals surface area contributed by atoms with E-state index >= 15 is 0 Å². The Morgan fingerprint density at radius 3 is 2.00 bits per heavy atom. The molecule has 4 rings (SSSR count).